The summed E-state index contributed by atoms with van der Waals surface area (Å²) in [6.07, 6.45) is 0.778. The molecule has 76 valence electrons. The third kappa shape index (κ3) is 2.95. The summed E-state index contributed by atoms with van der Waals surface area (Å²) >= 11 is 0. The van der Waals surface area contributed by atoms with Crippen LogP contribution in [0.1, 0.15) is 34.1 Å². The summed E-state index contributed by atoms with van der Waals surface area (Å²) in [5.74, 6) is -0.130. The molecule has 1 rings (SSSR count). The van der Waals surface area contributed by atoms with Gasteiger partial charge in [-0.15, -0.1) is 0 Å². The Balaban J connectivity index is 2.45. The average Bonchev–Trinajstić information content (AvgIpc) is 2.23. The Labute approximate surface area is 78.1 Å². The quantitative estimate of drug-likeness (QED) is 0.534. The normalized spacial score (nSPS) is 31.7. The Morgan fingerprint density at radius 3 is 2.46 bits per heavy atom. The van der Waals surface area contributed by atoms with Crippen LogP contribution in [-0.4, -0.2) is 17.2 Å². The Morgan fingerprint density at radius 1 is 1.46 bits per heavy atom. The largest absolute Gasteiger partial charge is 0.289 e. The molecular weight excluding hydrogens is 170 g/mol. The van der Waals surface area contributed by atoms with Crippen molar-refractivity contribution in [2.45, 2.75) is 45.4 Å². The number of carbonyl (C=O) groups is 1. The van der Waals surface area contributed by atoms with E-state index in [2.05, 4.69) is 16.3 Å². The molecule has 0 aromatic rings. The van der Waals surface area contributed by atoms with E-state index in [0.29, 0.717) is 0 Å². The summed E-state index contributed by atoms with van der Waals surface area (Å²) < 4.78 is 0. The first-order chi connectivity index (χ1) is 5.83. The van der Waals surface area contributed by atoms with Gasteiger partial charge in [-0.3, -0.25) is 15.1 Å². The van der Waals surface area contributed by atoms with Crippen LogP contribution in [0.5, 0.6) is 0 Å². The molecule has 1 heterocycles. The van der Waals surface area contributed by atoms with Crippen molar-refractivity contribution in [1.29, 1.82) is 0 Å². The minimum absolute atomic E-state index is 0.0692. The van der Waals surface area contributed by atoms with E-state index >= 15 is 0 Å². The van der Waals surface area contributed by atoms with Crippen molar-refractivity contribution in [3.63, 3.8) is 0 Å². The highest BCUT2D eigenvalue weighted by Gasteiger charge is 2.41. The molecule has 0 radical (unpaired) electrons. The van der Waals surface area contributed by atoms with Gasteiger partial charge in [0.05, 0.1) is 0 Å². The van der Waals surface area contributed by atoms with Crippen molar-refractivity contribution in [2.24, 2.45) is 0 Å². The van der Waals surface area contributed by atoms with Gasteiger partial charge in [0, 0.05) is 18.9 Å². The molecule has 0 aromatic heterocycles. The third-order valence-corrected chi connectivity index (χ3v) is 1.83. The Kier molecular flexibility index (Phi) is 2.61. The Morgan fingerprint density at radius 2 is 2.08 bits per heavy atom. The highest BCUT2D eigenvalue weighted by molar-refractivity contribution is 5.72. The number of hydrazine groups is 1. The molecule has 0 unspecified atom stereocenters. The summed E-state index contributed by atoms with van der Waals surface area (Å²) in [7, 11) is 0. The monoisotopic (exact) mass is 187 g/mol. The predicted molar refractivity (Wildman–Crippen MR) is 48.3 cm³/mol. The SMILES string of the molecule is CC(=O)NN[C@]1(C)CC(C)(C)NO1. The van der Waals surface area contributed by atoms with Crippen LogP contribution in [0.4, 0.5) is 0 Å². The summed E-state index contributed by atoms with van der Waals surface area (Å²) in [5.41, 5.74) is 7.64. The molecule has 0 aromatic carbocycles. The lowest BCUT2D eigenvalue weighted by atomic mass is 9.97. The molecule has 1 atom stereocenters. The number of amides is 1. The minimum atomic E-state index is -0.533. The van der Waals surface area contributed by atoms with Crippen LogP contribution in [0.3, 0.4) is 0 Å². The fraction of sp³-hybridized carbons (Fsp3) is 0.875. The topological polar surface area (TPSA) is 62.4 Å². The predicted octanol–water partition coefficient (Wildman–Crippen LogP) is 0.0468. The first-order valence-corrected chi connectivity index (χ1v) is 4.32. The minimum Gasteiger partial charge on any atom is -0.289 e. The maximum atomic E-state index is 10.7. The lowest BCUT2D eigenvalue weighted by molar-refractivity contribution is -0.125. The van der Waals surface area contributed by atoms with Crippen LogP contribution in [0.15, 0.2) is 0 Å². The van der Waals surface area contributed by atoms with Crippen molar-refractivity contribution in [3.05, 3.63) is 0 Å². The van der Waals surface area contributed by atoms with Crippen LogP contribution in [-0.2, 0) is 9.63 Å². The van der Waals surface area contributed by atoms with Crippen molar-refractivity contribution >= 4 is 5.91 Å². The zero-order valence-corrected chi connectivity index (χ0v) is 8.52. The molecule has 5 heteroatoms. The number of hydrogen-bond donors (Lipinski definition) is 3. The van der Waals surface area contributed by atoms with Gasteiger partial charge in [-0.05, 0) is 20.8 Å². The van der Waals surface area contributed by atoms with E-state index in [1.807, 2.05) is 20.8 Å². The first kappa shape index (κ1) is 10.4. The van der Waals surface area contributed by atoms with Gasteiger partial charge < -0.3 is 0 Å². The number of nitrogens with one attached hydrogen (secondary N) is 3. The molecule has 0 saturated carbocycles. The molecule has 5 nitrogen and oxygen atoms in total. The highest BCUT2D eigenvalue weighted by Crippen LogP contribution is 2.27. The van der Waals surface area contributed by atoms with Crippen LogP contribution in [0.2, 0.25) is 0 Å². The second-order valence-electron chi connectivity index (χ2n) is 4.30. The van der Waals surface area contributed by atoms with E-state index in [1.54, 1.807) is 0 Å². The number of hydrogen-bond acceptors (Lipinski definition) is 4. The summed E-state index contributed by atoms with van der Waals surface area (Å²) in [6.45, 7) is 7.40. The molecule has 3 N–H and O–H groups in total. The van der Waals surface area contributed by atoms with Crippen molar-refractivity contribution < 1.29 is 9.63 Å². The van der Waals surface area contributed by atoms with Gasteiger partial charge in [0.2, 0.25) is 5.91 Å². The molecule has 0 spiro atoms. The molecule has 13 heavy (non-hydrogen) atoms. The van der Waals surface area contributed by atoms with Gasteiger partial charge in [-0.25, -0.2) is 5.43 Å². The molecule has 0 bridgehead atoms. The van der Waals surface area contributed by atoms with Gasteiger partial charge in [0.15, 0.2) is 5.72 Å². The van der Waals surface area contributed by atoms with Crippen molar-refractivity contribution in [3.8, 4) is 0 Å². The van der Waals surface area contributed by atoms with Gasteiger partial charge in [-0.1, -0.05) is 0 Å². The van der Waals surface area contributed by atoms with Gasteiger partial charge in [0.25, 0.3) is 0 Å². The molecule has 1 amide bonds. The first-order valence-electron chi connectivity index (χ1n) is 4.32. The van der Waals surface area contributed by atoms with Crippen molar-refractivity contribution in [1.82, 2.24) is 16.3 Å². The molecule has 1 fully saturated rings. The van der Waals surface area contributed by atoms with Gasteiger partial charge in [0.1, 0.15) is 0 Å². The lowest BCUT2D eigenvalue weighted by Crippen LogP contribution is -2.52. The number of carbonyl (C=O) groups excluding carboxylic acids is 1. The second kappa shape index (κ2) is 3.25. The summed E-state index contributed by atoms with van der Waals surface area (Å²) in [5, 5.41) is 0. The molecule has 1 aliphatic heterocycles. The molecular formula is C8H17N3O2. The van der Waals surface area contributed by atoms with E-state index in [4.69, 9.17) is 4.84 Å². The number of hydroxylamine groups is 1. The zero-order chi connectivity index (χ0) is 10.1. The Bertz CT molecular complexity index is 217. The molecule has 0 aliphatic carbocycles. The van der Waals surface area contributed by atoms with E-state index in [-0.39, 0.29) is 11.4 Å². The van der Waals surface area contributed by atoms with Gasteiger partial charge >= 0.3 is 0 Å². The van der Waals surface area contributed by atoms with E-state index in [9.17, 15) is 4.79 Å². The third-order valence-electron chi connectivity index (χ3n) is 1.83. The zero-order valence-electron chi connectivity index (χ0n) is 8.52. The maximum Gasteiger partial charge on any atom is 0.231 e. The van der Waals surface area contributed by atoms with Crippen LogP contribution in [0, 0.1) is 0 Å². The highest BCUT2D eigenvalue weighted by atomic mass is 16.7. The van der Waals surface area contributed by atoms with Crippen LogP contribution >= 0.6 is 0 Å². The summed E-state index contributed by atoms with van der Waals surface area (Å²) in [4.78, 5) is 16.0. The standard InChI is InChI=1S/C8H17N3O2/c1-6(12)9-10-8(4)5-7(2,3)11-13-8/h10-11H,5H2,1-4H3,(H,9,12)/t8-/m0/s1. The maximum absolute atomic E-state index is 10.7. The lowest BCUT2D eigenvalue weighted by Gasteiger charge is -2.23. The fourth-order valence-electron chi connectivity index (χ4n) is 1.46. The van der Waals surface area contributed by atoms with Gasteiger partial charge in [-0.2, -0.15) is 5.48 Å². The Hall–Kier alpha value is -0.650. The van der Waals surface area contributed by atoms with Crippen LogP contribution in [0.25, 0.3) is 0 Å². The fourth-order valence-corrected chi connectivity index (χ4v) is 1.46. The van der Waals surface area contributed by atoms with E-state index in [1.165, 1.54) is 6.92 Å². The van der Waals surface area contributed by atoms with E-state index < -0.39 is 5.72 Å². The molecule has 1 aliphatic rings. The second-order valence-corrected chi connectivity index (χ2v) is 4.30. The van der Waals surface area contributed by atoms with Crippen LogP contribution < -0.4 is 16.3 Å². The molecule has 1 saturated heterocycles. The van der Waals surface area contributed by atoms with Crippen molar-refractivity contribution in [2.75, 3.05) is 0 Å². The number of rotatable bonds is 2. The summed E-state index contributed by atoms with van der Waals surface area (Å²) in [6, 6.07) is 0. The van der Waals surface area contributed by atoms with E-state index in [0.717, 1.165) is 6.42 Å². The smallest absolute Gasteiger partial charge is 0.231 e. The average molecular weight is 187 g/mol.